The van der Waals surface area contributed by atoms with E-state index in [0.29, 0.717) is 28.2 Å². The Bertz CT molecular complexity index is 1230. The number of amidine groups is 1. The normalized spacial score (nSPS) is 16.0. The topological polar surface area (TPSA) is 77.0 Å². The molecule has 1 saturated heterocycles. The number of thioether (sulfide) groups is 1. The second-order valence-electron chi connectivity index (χ2n) is 6.71. The van der Waals surface area contributed by atoms with Gasteiger partial charge in [0.05, 0.1) is 17.2 Å². The average Bonchev–Trinajstić information content (AvgIpc) is 3.09. The fourth-order valence-corrected chi connectivity index (χ4v) is 4.00. The summed E-state index contributed by atoms with van der Waals surface area (Å²) in [6.07, 6.45) is 1.76. The lowest BCUT2D eigenvalue weighted by molar-refractivity contribution is -0.132. The molecular weight excluding hydrogens is 412 g/mol. The molecule has 1 heterocycles. The standard InChI is InChI=1S/C24H20N2O4S/c1-3-29-21-13-16(11-12-20(21)30-15(2)27)14-22-23(28)26-24(31-22)25-19-10-6-8-17-7-4-5-9-18(17)19/h4-14H,3H2,1-2H3,(H,25,26,28)/b22-14+. The van der Waals surface area contributed by atoms with Crippen LogP contribution in [0.3, 0.4) is 0 Å². The predicted molar refractivity (Wildman–Crippen MR) is 124 cm³/mol. The van der Waals surface area contributed by atoms with Crippen molar-refractivity contribution in [2.24, 2.45) is 4.99 Å². The molecule has 0 saturated carbocycles. The van der Waals surface area contributed by atoms with Gasteiger partial charge in [-0.3, -0.25) is 9.59 Å². The van der Waals surface area contributed by atoms with E-state index < -0.39 is 5.97 Å². The van der Waals surface area contributed by atoms with Crippen molar-refractivity contribution < 1.29 is 19.1 Å². The summed E-state index contributed by atoms with van der Waals surface area (Å²) in [5.41, 5.74) is 1.55. The van der Waals surface area contributed by atoms with Crippen molar-refractivity contribution in [2.75, 3.05) is 6.61 Å². The zero-order valence-electron chi connectivity index (χ0n) is 17.0. The molecule has 0 aliphatic carbocycles. The highest BCUT2D eigenvalue weighted by molar-refractivity contribution is 8.18. The quantitative estimate of drug-likeness (QED) is 0.347. The van der Waals surface area contributed by atoms with Gasteiger partial charge in [-0.25, -0.2) is 4.99 Å². The summed E-state index contributed by atoms with van der Waals surface area (Å²) in [6, 6.07) is 19.0. The van der Waals surface area contributed by atoms with Crippen LogP contribution in [0.15, 0.2) is 70.6 Å². The molecule has 0 unspecified atom stereocenters. The Labute approximate surface area is 184 Å². The molecule has 156 valence electrons. The summed E-state index contributed by atoms with van der Waals surface area (Å²) in [4.78, 5) is 28.9. The molecule has 3 aromatic rings. The molecule has 0 radical (unpaired) electrons. The number of fused-ring (bicyclic) bond motifs is 1. The van der Waals surface area contributed by atoms with E-state index in [1.165, 1.54) is 18.7 Å². The highest BCUT2D eigenvalue weighted by Crippen LogP contribution is 2.33. The Kier molecular flexibility index (Phi) is 6.04. The fourth-order valence-electron chi connectivity index (χ4n) is 3.17. The number of carbonyl (C=O) groups is 2. The molecular formula is C24H20N2O4S. The molecule has 1 aliphatic heterocycles. The molecule has 7 heteroatoms. The first-order chi connectivity index (χ1) is 15.0. The van der Waals surface area contributed by atoms with Gasteiger partial charge in [0.2, 0.25) is 0 Å². The molecule has 31 heavy (non-hydrogen) atoms. The Morgan fingerprint density at radius 1 is 1.10 bits per heavy atom. The SMILES string of the molecule is CCOc1cc(/C=C2/SC(=Nc3cccc4ccccc34)NC2=O)ccc1OC(C)=O. The molecule has 1 N–H and O–H groups in total. The second kappa shape index (κ2) is 9.06. The van der Waals surface area contributed by atoms with E-state index >= 15 is 0 Å². The van der Waals surface area contributed by atoms with Gasteiger partial charge in [-0.2, -0.15) is 0 Å². The van der Waals surface area contributed by atoms with Crippen LogP contribution in [0.25, 0.3) is 16.8 Å². The summed E-state index contributed by atoms with van der Waals surface area (Å²) in [5, 5.41) is 5.45. The Morgan fingerprint density at radius 3 is 2.71 bits per heavy atom. The van der Waals surface area contributed by atoms with Crippen LogP contribution in [0.4, 0.5) is 5.69 Å². The highest BCUT2D eigenvalue weighted by Gasteiger charge is 2.24. The number of aliphatic imine (C=N–C) groups is 1. The van der Waals surface area contributed by atoms with Crippen LogP contribution in [0, 0.1) is 0 Å². The first-order valence-corrected chi connectivity index (χ1v) is 10.6. The van der Waals surface area contributed by atoms with Crippen molar-refractivity contribution in [2.45, 2.75) is 13.8 Å². The number of carbonyl (C=O) groups excluding carboxylic acids is 2. The maximum Gasteiger partial charge on any atom is 0.308 e. The highest BCUT2D eigenvalue weighted by atomic mass is 32.2. The summed E-state index contributed by atoms with van der Waals surface area (Å²) in [6.45, 7) is 3.60. The molecule has 4 rings (SSSR count). The molecule has 3 aromatic carbocycles. The van der Waals surface area contributed by atoms with Crippen molar-refractivity contribution in [3.8, 4) is 11.5 Å². The Hall–Kier alpha value is -3.58. The number of esters is 1. The average molecular weight is 433 g/mol. The van der Waals surface area contributed by atoms with E-state index in [1.54, 1.807) is 24.3 Å². The van der Waals surface area contributed by atoms with E-state index in [2.05, 4.69) is 10.3 Å². The molecule has 1 amide bonds. The third-order valence-electron chi connectivity index (χ3n) is 4.46. The third-order valence-corrected chi connectivity index (χ3v) is 5.37. The minimum Gasteiger partial charge on any atom is -0.490 e. The lowest BCUT2D eigenvalue weighted by atomic mass is 10.1. The summed E-state index contributed by atoms with van der Waals surface area (Å²) in [7, 11) is 0. The monoisotopic (exact) mass is 432 g/mol. The Balaban J connectivity index is 1.61. The number of amides is 1. The van der Waals surface area contributed by atoms with Gasteiger partial charge in [0.1, 0.15) is 0 Å². The number of ether oxygens (including phenoxy) is 2. The molecule has 0 atom stereocenters. The zero-order chi connectivity index (χ0) is 21.8. The van der Waals surface area contributed by atoms with Crippen molar-refractivity contribution in [3.05, 3.63) is 71.1 Å². The van der Waals surface area contributed by atoms with Gasteiger partial charge in [0, 0.05) is 12.3 Å². The van der Waals surface area contributed by atoms with Gasteiger partial charge in [-0.15, -0.1) is 0 Å². The first kappa shape index (κ1) is 20.7. The van der Waals surface area contributed by atoms with Crippen LogP contribution in [-0.4, -0.2) is 23.7 Å². The van der Waals surface area contributed by atoms with Gasteiger partial charge in [0.15, 0.2) is 16.7 Å². The fraction of sp³-hybridized carbons (Fsp3) is 0.125. The number of hydrogen-bond acceptors (Lipinski definition) is 6. The molecule has 6 nitrogen and oxygen atoms in total. The molecule has 0 spiro atoms. The van der Waals surface area contributed by atoms with E-state index in [4.69, 9.17) is 9.47 Å². The number of nitrogens with one attached hydrogen (secondary N) is 1. The number of rotatable bonds is 5. The maximum absolute atomic E-state index is 12.5. The number of benzene rings is 3. The predicted octanol–water partition coefficient (Wildman–Crippen LogP) is 5.06. The van der Waals surface area contributed by atoms with Gasteiger partial charge in [-0.1, -0.05) is 42.5 Å². The van der Waals surface area contributed by atoms with Crippen LogP contribution < -0.4 is 14.8 Å². The molecule has 0 bridgehead atoms. The molecule has 1 fully saturated rings. The lowest BCUT2D eigenvalue weighted by Crippen LogP contribution is -2.19. The number of nitrogens with zero attached hydrogens (tertiary/aromatic N) is 1. The van der Waals surface area contributed by atoms with E-state index in [1.807, 2.05) is 49.4 Å². The van der Waals surface area contributed by atoms with Crippen LogP contribution in [0.5, 0.6) is 11.5 Å². The summed E-state index contributed by atoms with van der Waals surface area (Å²) >= 11 is 1.28. The van der Waals surface area contributed by atoms with E-state index in [9.17, 15) is 9.59 Å². The zero-order valence-corrected chi connectivity index (χ0v) is 17.9. The van der Waals surface area contributed by atoms with E-state index in [0.717, 1.165) is 22.0 Å². The molecule has 1 aliphatic rings. The van der Waals surface area contributed by atoms with Crippen molar-refractivity contribution in [1.82, 2.24) is 5.32 Å². The number of hydrogen-bond donors (Lipinski definition) is 1. The van der Waals surface area contributed by atoms with Crippen molar-refractivity contribution in [1.29, 1.82) is 0 Å². The summed E-state index contributed by atoms with van der Waals surface area (Å²) < 4.78 is 10.7. The van der Waals surface area contributed by atoms with Gasteiger partial charge in [-0.05, 0) is 53.9 Å². The van der Waals surface area contributed by atoms with Crippen molar-refractivity contribution in [3.63, 3.8) is 0 Å². The smallest absolute Gasteiger partial charge is 0.308 e. The minimum atomic E-state index is -0.424. The third kappa shape index (κ3) is 4.78. The largest absolute Gasteiger partial charge is 0.490 e. The van der Waals surface area contributed by atoms with Crippen molar-refractivity contribution >= 4 is 51.3 Å². The minimum absolute atomic E-state index is 0.217. The first-order valence-electron chi connectivity index (χ1n) is 9.76. The van der Waals surface area contributed by atoms with Crippen LogP contribution in [-0.2, 0) is 9.59 Å². The van der Waals surface area contributed by atoms with Crippen LogP contribution >= 0.6 is 11.8 Å². The maximum atomic E-state index is 12.5. The van der Waals surface area contributed by atoms with Gasteiger partial charge in [0.25, 0.3) is 5.91 Å². The van der Waals surface area contributed by atoms with E-state index in [-0.39, 0.29) is 5.91 Å². The Morgan fingerprint density at radius 2 is 1.90 bits per heavy atom. The van der Waals surface area contributed by atoms with Crippen LogP contribution in [0.1, 0.15) is 19.4 Å². The van der Waals surface area contributed by atoms with Gasteiger partial charge < -0.3 is 14.8 Å². The van der Waals surface area contributed by atoms with Crippen LogP contribution in [0.2, 0.25) is 0 Å². The lowest BCUT2D eigenvalue weighted by Gasteiger charge is -2.10. The van der Waals surface area contributed by atoms with Gasteiger partial charge >= 0.3 is 5.97 Å². The molecule has 0 aromatic heterocycles. The summed E-state index contributed by atoms with van der Waals surface area (Å²) in [5.74, 6) is 0.149. The second-order valence-corrected chi connectivity index (χ2v) is 7.74.